The fraction of sp³-hybridized carbons (Fsp3) is 0.368. The number of hydrogen-bond acceptors (Lipinski definition) is 3. The van der Waals surface area contributed by atoms with Crippen LogP contribution in [-0.4, -0.2) is 39.1 Å². The van der Waals surface area contributed by atoms with Crippen LogP contribution in [0.4, 0.5) is 8.78 Å². The molecule has 1 fully saturated rings. The number of carbonyl (C=O) groups is 1. The highest BCUT2D eigenvalue weighted by Crippen LogP contribution is 2.29. The van der Waals surface area contributed by atoms with Gasteiger partial charge in [-0.2, -0.15) is 0 Å². The van der Waals surface area contributed by atoms with Gasteiger partial charge in [-0.05, 0) is 51.0 Å². The molecule has 132 valence electrons. The van der Waals surface area contributed by atoms with E-state index in [9.17, 15) is 18.7 Å². The third-order valence-corrected chi connectivity index (χ3v) is 4.62. The van der Waals surface area contributed by atoms with Gasteiger partial charge in [-0.25, -0.2) is 8.78 Å². The molecule has 0 saturated carbocycles. The van der Waals surface area contributed by atoms with E-state index in [1.165, 1.54) is 12.3 Å². The Hall–Kier alpha value is -2.34. The van der Waals surface area contributed by atoms with Crippen molar-refractivity contribution in [3.8, 4) is 11.1 Å². The van der Waals surface area contributed by atoms with Crippen molar-refractivity contribution in [2.45, 2.75) is 38.3 Å². The molecule has 25 heavy (non-hydrogen) atoms. The van der Waals surface area contributed by atoms with Crippen LogP contribution in [0.1, 0.15) is 37.2 Å². The Balaban J connectivity index is 1.85. The smallest absolute Gasteiger partial charge is 0.272 e. The molecule has 2 aromatic rings. The molecule has 0 spiro atoms. The molecule has 2 heterocycles. The molecule has 3 rings (SSSR count). The average Bonchev–Trinajstić information content (AvgIpc) is 2.56. The van der Waals surface area contributed by atoms with Gasteiger partial charge in [0.05, 0.1) is 6.10 Å². The molecule has 1 aliphatic rings. The summed E-state index contributed by atoms with van der Waals surface area (Å²) in [6.45, 7) is 4.27. The van der Waals surface area contributed by atoms with E-state index in [1.807, 2.05) is 13.8 Å². The number of likely N-dealkylation sites (tertiary alicyclic amines) is 1. The lowest BCUT2D eigenvalue weighted by atomic mass is 9.88. The van der Waals surface area contributed by atoms with Crippen molar-refractivity contribution in [2.75, 3.05) is 6.54 Å². The fourth-order valence-corrected chi connectivity index (χ4v) is 3.28. The predicted molar refractivity (Wildman–Crippen MR) is 89.9 cm³/mol. The predicted octanol–water partition coefficient (Wildman–Crippen LogP) is 3.40. The van der Waals surface area contributed by atoms with Gasteiger partial charge in [0.15, 0.2) is 0 Å². The monoisotopic (exact) mass is 346 g/mol. The minimum Gasteiger partial charge on any atom is -0.393 e. The Labute approximate surface area is 145 Å². The normalized spacial score (nSPS) is 19.7. The van der Waals surface area contributed by atoms with E-state index in [2.05, 4.69) is 4.98 Å². The van der Waals surface area contributed by atoms with Gasteiger partial charge in [0.25, 0.3) is 5.91 Å². The van der Waals surface area contributed by atoms with Gasteiger partial charge < -0.3 is 10.0 Å². The van der Waals surface area contributed by atoms with Crippen LogP contribution in [0.3, 0.4) is 0 Å². The molecule has 4 nitrogen and oxygen atoms in total. The molecule has 1 saturated heterocycles. The summed E-state index contributed by atoms with van der Waals surface area (Å²) in [4.78, 5) is 18.6. The summed E-state index contributed by atoms with van der Waals surface area (Å²) in [6.07, 6.45) is 1.99. The SMILES string of the molecule is CC1(C)CC(O)CCN1C(=O)c1ccc(-c2cc(F)ccc2F)cn1. The molecule has 6 heteroatoms. The van der Waals surface area contributed by atoms with Gasteiger partial charge in [-0.3, -0.25) is 9.78 Å². The highest BCUT2D eigenvalue weighted by molar-refractivity contribution is 5.93. The number of hydrogen-bond donors (Lipinski definition) is 1. The van der Waals surface area contributed by atoms with Crippen LogP contribution in [0, 0.1) is 11.6 Å². The van der Waals surface area contributed by atoms with E-state index >= 15 is 0 Å². The quantitative estimate of drug-likeness (QED) is 0.907. The Bertz CT molecular complexity index is 791. The van der Waals surface area contributed by atoms with Crippen molar-refractivity contribution in [2.24, 2.45) is 0 Å². The summed E-state index contributed by atoms with van der Waals surface area (Å²) in [5, 5.41) is 9.81. The zero-order valence-corrected chi connectivity index (χ0v) is 14.2. The zero-order valence-electron chi connectivity index (χ0n) is 14.2. The van der Waals surface area contributed by atoms with Crippen molar-refractivity contribution in [3.05, 3.63) is 53.9 Å². The molecular weight excluding hydrogens is 326 g/mol. The summed E-state index contributed by atoms with van der Waals surface area (Å²) in [6, 6.07) is 6.29. The molecule has 0 radical (unpaired) electrons. The number of carbonyl (C=O) groups excluding carboxylic acids is 1. The van der Waals surface area contributed by atoms with Gasteiger partial charge in [-0.15, -0.1) is 0 Å². The number of halogens is 2. The van der Waals surface area contributed by atoms with Crippen molar-refractivity contribution in [1.29, 1.82) is 0 Å². The van der Waals surface area contributed by atoms with Crippen molar-refractivity contribution in [3.63, 3.8) is 0 Å². The topological polar surface area (TPSA) is 53.4 Å². The van der Waals surface area contributed by atoms with Crippen molar-refractivity contribution >= 4 is 5.91 Å². The third-order valence-electron chi connectivity index (χ3n) is 4.62. The molecule has 1 unspecified atom stereocenters. The second-order valence-corrected chi connectivity index (χ2v) is 6.97. The number of piperidine rings is 1. The highest BCUT2D eigenvalue weighted by atomic mass is 19.1. The first kappa shape index (κ1) is 17.5. The first-order valence-corrected chi connectivity index (χ1v) is 8.19. The number of rotatable bonds is 2. The molecular formula is C19H20F2N2O2. The van der Waals surface area contributed by atoms with Crippen LogP contribution >= 0.6 is 0 Å². The highest BCUT2D eigenvalue weighted by Gasteiger charge is 2.37. The van der Waals surface area contributed by atoms with Gasteiger partial charge >= 0.3 is 0 Å². The number of aliphatic hydroxyl groups is 1. The summed E-state index contributed by atoms with van der Waals surface area (Å²) in [5.74, 6) is -1.32. The molecule has 1 aromatic heterocycles. The summed E-state index contributed by atoms with van der Waals surface area (Å²) >= 11 is 0. The lowest BCUT2D eigenvalue weighted by Crippen LogP contribution is -2.54. The average molecular weight is 346 g/mol. The van der Waals surface area contributed by atoms with E-state index in [4.69, 9.17) is 0 Å². The molecule has 1 atom stereocenters. The van der Waals surface area contributed by atoms with E-state index in [-0.39, 0.29) is 17.2 Å². The number of nitrogens with zero attached hydrogens (tertiary/aromatic N) is 2. The van der Waals surface area contributed by atoms with Crippen LogP contribution < -0.4 is 0 Å². The summed E-state index contributed by atoms with van der Waals surface area (Å²) < 4.78 is 27.2. The van der Waals surface area contributed by atoms with Crippen LogP contribution in [0.2, 0.25) is 0 Å². The Morgan fingerprint density at radius 3 is 2.68 bits per heavy atom. The van der Waals surface area contributed by atoms with E-state index < -0.39 is 23.3 Å². The molecule has 1 amide bonds. The van der Waals surface area contributed by atoms with E-state index in [0.717, 1.165) is 18.2 Å². The van der Waals surface area contributed by atoms with Crippen LogP contribution in [0.15, 0.2) is 36.5 Å². The minimum absolute atomic E-state index is 0.105. The Morgan fingerprint density at radius 1 is 1.28 bits per heavy atom. The molecule has 1 N–H and O–H groups in total. The van der Waals surface area contributed by atoms with Crippen molar-refractivity contribution < 1.29 is 18.7 Å². The number of aromatic nitrogens is 1. The summed E-state index contributed by atoms with van der Waals surface area (Å²) in [5.41, 5.74) is 0.281. The number of benzene rings is 1. The van der Waals surface area contributed by atoms with Gasteiger partial charge in [0, 0.05) is 29.4 Å². The first-order chi connectivity index (χ1) is 11.8. The number of aliphatic hydroxyl groups excluding tert-OH is 1. The maximum Gasteiger partial charge on any atom is 0.272 e. The fourth-order valence-electron chi connectivity index (χ4n) is 3.28. The number of pyridine rings is 1. The van der Waals surface area contributed by atoms with Gasteiger partial charge in [0.2, 0.25) is 0 Å². The second-order valence-electron chi connectivity index (χ2n) is 6.97. The largest absolute Gasteiger partial charge is 0.393 e. The number of amides is 1. The molecule has 1 aliphatic heterocycles. The minimum atomic E-state index is -0.548. The maximum absolute atomic E-state index is 13.9. The third kappa shape index (κ3) is 3.54. The van der Waals surface area contributed by atoms with E-state index in [0.29, 0.717) is 24.9 Å². The maximum atomic E-state index is 13.9. The molecule has 1 aromatic carbocycles. The first-order valence-electron chi connectivity index (χ1n) is 8.19. The second kappa shape index (κ2) is 6.52. The lowest BCUT2D eigenvalue weighted by Gasteiger charge is -2.44. The van der Waals surface area contributed by atoms with Crippen LogP contribution in [0.5, 0.6) is 0 Å². The summed E-state index contributed by atoms with van der Waals surface area (Å²) in [7, 11) is 0. The Morgan fingerprint density at radius 2 is 2.04 bits per heavy atom. The molecule has 0 aliphatic carbocycles. The Kier molecular flexibility index (Phi) is 4.56. The lowest BCUT2D eigenvalue weighted by molar-refractivity contribution is 0.00293. The van der Waals surface area contributed by atoms with E-state index in [1.54, 1.807) is 11.0 Å². The van der Waals surface area contributed by atoms with Crippen molar-refractivity contribution in [1.82, 2.24) is 9.88 Å². The standard InChI is InChI=1S/C19H20F2N2O2/c1-19(2)10-14(24)7-8-23(19)18(25)17-6-3-12(11-22-17)15-9-13(20)4-5-16(15)21/h3-6,9,11,14,24H,7-8,10H2,1-2H3. The van der Waals surface area contributed by atoms with Crippen LogP contribution in [-0.2, 0) is 0 Å². The van der Waals surface area contributed by atoms with Gasteiger partial charge in [-0.1, -0.05) is 6.07 Å². The van der Waals surface area contributed by atoms with Crippen LogP contribution in [0.25, 0.3) is 11.1 Å². The zero-order chi connectivity index (χ0) is 18.2. The van der Waals surface area contributed by atoms with Gasteiger partial charge in [0.1, 0.15) is 17.3 Å². The molecule has 0 bridgehead atoms.